The van der Waals surface area contributed by atoms with E-state index >= 15 is 0 Å². The molecule has 0 radical (unpaired) electrons. The Labute approximate surface area is 112 Å². The van der Waals surface area contributed by atoms with Crippen molar-refractivity contribution in [3.8, 4) is 0 Å². The molecule has 2 aromatic rings. The van der Waals surface area contributed by atoms with E-state index in [0.717, 1.165) is 6.42 Å². The molecule has 0 aliphatic carbocycles. The summed E-state index contributed by atoms with van der Waals surface area (Å²) in [5.74, 6) is 0.682. The van der Waals surface area contributed by atoms with Crippen molar-refractivity contribution in [2.75, 3.05) is 0 Å². The molecule has 0 atom stereocenters. The zero-order valence-electron chi connectivity index (χ0n) is 11.5. The highest BCUT2D eigenvalue weighted by Crippen LogP contribution is 2.24. The molecule has 0 saturated carbocycles. The number of allylic oxidation sites excluding steroid dienone is 2. The first-order chi connectivity index (χ1) is 9.06. The number of hydrogen-bond donors (Lipinski definition) is 1. The molecular formula is C16H18O3. The zero-order valence-corrected chi connectivity index (χ0v) is 11.5. The quantitative estimate of drug-likeness (QED) is 0.845. The summed E-state index contributed by atoms with van der Waals surface area (Å²) in [7, 11) is 0. The number of hydrogen-bond acceptors (Lipinski definition) is 3. The third kappa shape index (κ3) is 2.41. The fraction of sp³-hybridized carbons (Fsp3) is 0.312. The molecule has 0 aliphatic heterocycles. The molecule has 0 amide bonds. The van der Waals surface area contributed by atoms with E-state index in [-0.39, 0.29) is 11.2 Å². The zero-order chi connectivity index (χ0) is 14.0. The molecule has 3 nitrogen and oxygen atoms in total. The van der Waals surface area contributed by atoms with Gasteiger partial charge in [-0.15, -0.1) is 0 Å². The van der Waals surface area contributed by atoms with Gasteiger partial charge in [0.25, 0.3) is 0 Å². The van der Waals surface area contributed by atoms with Gasteiger partial charge in [-0.25, -0.2) is 0 Å². The van der Waals surface area contributed by atoms with E-state index in [0.29, 0.717) is 34.3 Å². The molecule has 100 valence electrons. The van der Waals surface area contributed by atoms with Gasteiger partial charge in [0.05, 0.1) is 11.1 Å². The fourth-order valence-corrected chi connectivity index (χ4v) is 2.12. The molecule has 1 N–H and O–H groups in total. The largest absolute Gasteiger partial charge is 0.512 e. The number of aliphatic hydroxyl groups excluding tert-OH is 1. The standard InChI is InChI=1S/C16H18O3/c1-4-7-13-15(18)12-8-5-6-9-14(12)19-16(13)10(2)11(3)17/h5-6,8-9,17H,4,7H2,1-3H3/b11-10-. The third-order valence-electron chi connectivity index (χ3n) is 3.28. The molecule has 0 spiro atoms. The summed E-state index contributed by atoms with van der Waals surface area (Å²) in [6, 6.07) is 7.21. The molecule has 0 unspecified atom stereocenters. The van der Waals surface area contributed by atoms with Crippen molar-refractivity contribution in [2.24, 2.45) is 0 Å². The van der Waals surface area contributed by atoms with Crippen molar-refractivity contribution in [1.29, 1.82) is 0 Å². The van der Waals surface area contributed by atoms with Gasteiger partial charge < -0.3 is 9.52 Å². The molecule has 0 bridgehead atoms. The maximum Gasteiger partial charge on any atom is 0.196 e. The molecule has 1 aromatic carbocycles. The average molecular weight is 258 g/mol. The Morgan fingerprint density at radius 1 is 1.26 bits per heavy atom. The Bertz CT molecular complexity index is 689. The molecule has 2 rings (SSSR count). The van der Waals surface area contributed by atoms with E-state index in [9.17, 15) is 9.90 Å². The second-order valence-electron chi connectivity index (χ2n) is 4.70. The van der Waals surface area contributed by atoms with Gasteiger partial charge in [0.1, 0.15) is 11.3 Å². The highest BCUT2D eigenvalue weighted by Gasteiger charge is 2.16. The fourth-order valence-electron chi connectivity index (χ4n) is 2.12. The van der Waals surface area contributed by atoms with E-state index < -0.39 is 0 Å². The summed E-state index contributed by atoms with van der Waals surface area (Å²) in [5, 5.41) is 10.2. The highest BCUT2D eigenvalue weighted by atomic mass is 16.3. The van der Waals surface area contributed by atoms with Gasteiger partial charge in [0.2, 0.25) is 0 Å². The lowest BCUT2D eigenvalue weighted by Gasteiger charge is -2.10. The van der Waals surface area contributed by atoms with Crippen molar-refractivity contribution in [2.45, 2.75) is 33.6 Å². The Morgan fingerprint density at radius 3 is 2.58 bits per heavy atom. The summed E-state index contributed by atoms with van der Waals surface area (Å²) < 4.78 is 5.83. The van der Waals surface area contributed by atoms with Crippen LogP contribution in [-0.4, -0.2) is 5.11 Å². The minimum atomic E-state index is -0.000648. The molecular weight excluding hydrogens is 240 g/mol. The Kier molecular flexibility index (Phi) is 3.74. The Morgan fingerprint density at radius 2 is 1.95 bits per heavy atom. The third-order valence-corrected chi connectivity index (χ3v) is 3.28. The molecule has 19 heavy (non-hydrogen) atoms. The van der Waals surface area contributed by atoms with Gasteiger partial charge in [-0.05, 0) is 32.4 Å². The monoisotopic (exact) mass is 258 g/mol. The van der Waals surface area contributed by atoms with Gasteiger partial charge in [-0.3, -0.25) is 4.79 Å². The molecule has 1 heterocycles. The summed E-state index contributed by atoms with van der Waals surface area (Å²) in [6.07, 6.45) is 1.50. The smallest absolute Gasteiger partial charge is 0.196 e. The SMILES string of the molecule is CCCc1c(/C(C)=C(/C)O)oc2ccccc2c1=O. The second kappa shape index (κ2) is 5.31. The minimum Gasteiger partial charge on any atom is -0.512 e. The molecule has 3 heteroatoms. The van der Waals surface area contributed by atoms with Gasteiger partial charge in [-0.1, -0.05) is 25.5 Å². The van der Waals surface area contributed by atoms with E-state index in [1.807, 2.05) is 19.1 Å². The summed E-state index contributed by atoms with van der Waals surface area (Å²) >= 11 is 0. The lowest BCUT2D eigenvalue weighted by atomic mass is 10.0. The van der Waals surface area contributed by atoms with E-state index in [2.05, 4.69) is 0 Å². The van der Waals surface area contributed by atoms with Gasteiger partial charge in [0, 0.05) is 11.1 Å². The van der Waals surface area contributed by atoms with Crippen molar-refractivity contribution < 1.29 is 9.52 Å². The van der Waals surface area contributed by atoms with Crippen molar-refractivity contribution >= 4 is 16.5 Å². The van der Waals surface area contributed by atoms with Gasteiger partial charge >= 0.3 is 0 Å². The Hall–Kier alpha value is -2.03. The lowest BCUT2D eigenvalue weighted by Crippen LogP contribution is -2.12. The first-order valence-electron chi connectivity index (χ1n) is 6.47. The average Bonchev–Trinajstić information content (AvgIpc) is 2.41. The first kappa shape index (κ1) is 13.4. The number of fused-ring (bicyclic) bond motifs is 1. The van der Waals surface area contributed by atoms with Crippen LogP contribution in [0.25, 0.3) is 16.5 Å². The molecule has 0 saturated heterocycles. The summed E-state index contributed by atoms with van der Waals surface area (Å²) in [5.41, 5.74) is 1.82. The number of para-hydroxylation sites is 1. The molecule has 0 fully saturated rings. The predicted molar refractivity (Wildman–Crippen MR) is 77.4 cm³/mol. The minimum absolute atomic E-state index is 0.000648. The van der Waals surface area contributed by atoms with Crippen LogP contribution in [-0.2, 0) is 6.42 Å². The van der Waals surface area contributed by atoms with Crippen LogP contribution >= 0.6 is 0 Å². The Balaban J connectivity index is 2.85. The van der Waals surface area contributed by atoms with Crippen LogP contribution in [0.15, 0.2) is 39.2 Å². The first-order valence-corrected chi connectivity index (χ1v) is 6.47. The van der Waals surface area contributed by atoms with E-state index in [4.69, 9.17) is 4.42 Å². The lowest BCUT2D eigenvalue weighted by molar-refractivity contribution is 0.414. The molecule has 0 aliphatic rings. The van der Waals surface area contributed by atoms with Crippen molar-refractivity contribution in [3.63, 3.8) is 0 Å². The van der Waals surface area contributed by atoms with Crippen molar-refractivity contribution in [3.05, 3.63) is 51.6 Å². The van der Waals surface area contributed by atoms with Crippen molar-refractivity contribution in [1.82, 2.24) is 0 Å². The van der Waals surface area contributed by atoms with Crippen LogP contribution in [0.3, 0.4) is 0 Å². The maximum atomic E-state index is 12.5. The van der Waals surface area contributed by atoms with Crippen LogP contribution in [0.2, 0.25) is 0 Å². The molecule has 1 aromatic heterocycles. The topological polar surface area (TPSA) is 50.4 Å². The van der Waals surface area contributed by atoms with Crippen LogP contribution in [0.5, 0.6) is 0 Å². The van der Waals surface area contributed by atoms with E-state index in [1.54, 1.807) is 26.0 Å². The number of aliphatic hydroxyl groups is 1. The normalized spacial score (nSPS) is 12.6. The van der Waals surface area contributed by atoms with Gasteiger partial charge in [-0.2, -0.15) is 0 Å². The summed E-state index contributed by atoms with van der Waals surface area (Å²) in [4.78, 5) is 12.5. The predicted octanol–water partition coefficient (Wildman–Crippen LogP) is 4.05. The highest BCUT2D eigenvalue weighted by molar-refractivity contribution is 5.79. The van der Waals surface area contributed by atoms with Crippen LogP contribution in [0.4, 0.5) is 0 Å². The number of benzene rings is 1. The maximum absolute atomic E-state index is 12.5. The number of rotatable bonds is 3. The summed E-state index contributed by atoms with van der Waals surface area (Å²) in [6.45, 7) is 5.38. The van der Waals surface area contributed by atoms with E-state index in [1.165, 1.54) is 0 Å². The van der Waals surface area contributed by atoms with Crippen LogP contribution < -0.4 is 5.43 Å². The van der Waals surface area contributed by atoms with Crippen LogP contribution in [0, 0.1) is 0 Å². The van der Waals surface area contributed by atoms with Crippen LogP contribution in [0.1, 0.15) is 38.5 Å². The van der Waals surface area contributed by atoms with Gasteiger partial charge in [0.15, 0.2) is 5.43 Å². The second-order valence-corrected chi connectivity index (χ2v) is 4.70.